The number of hydrogen-bond acceptors (Lipinski definition) is 12. The van der Waals surface area contributed by atoms with Gasteiger partial charge in [-0.05, 0) is 83.8 Å². The first-order chi connectivity index (χ1) is 31.2. The van der Waals surface area contributed by atoms with Gasteiger partial charge in [0, 0.05) is 41.6 Å². The summed E-state index contributed by atoms with van der Waals surface area (Å²) in [6, 6.07) is 26.9. The van der Waals surface area contributed by atoms with Crippen LogP contribution in [-0.4, -0.2) is 71.9 Å². The maximum absolute atomic E-state index is 13.5. The number of carboxylic acids is 1. The number of nitrogens with one attached hydrogen (secondary N) is 3. The molecule has 5 rings (SSSR count). The summed E-state index contributed by atoms with van der Waals surface area (Å²) in [4.78, 5) is 77.9. The number of carboxylic acid groups (broad SMARTS) is 1. The Bertz CT molecular complexity index is 2670. The van der Waals surface area contributed by atoms with Crippen molar-refractivity contribution in [2.75, 3.05) is 37.3 Å². The summed E-state index contributed by atoms with van der Waals surface area (Å²) in [5.74, 6) is -4.68. The van der Waals surface area contributed by atoms with E-state index in [4.69, 9.17) is 14.2 Å². The van der Waals surface area contributed by atoms with Crippen LogP contribution < -0.4 is 30.2 Å². The van der Waals surface area contributed by atoms with Gasteiger partial charge in [0.15, 0.2) is 23.1 Å². The lowest BCUT2D eigenvalue weighted by atomic mass is 9.94. The lowest BCUT2D eigenvalue weighted by molar-refractivity contribution is -0.119. The molecule has 0 aliphatic carbocycles. The zero-order valence-electron chi connectivity index (χ0n) is 35.9. The van der Waals surface area contributed by atoms with Crippen molar-refractivity contribution in [3.05, 3.63) is 147 Å². The number of aliphatic hydroxyl groups is 2. The van der Waals surface area contributed by atoms with Crippen molar-refractivity contribution in [2.24, 2.45) is 5.92 Å². The Balaban J connectivity index is 1.20. The van der Waals surface area contributed by atoms with E-state index in [9.17, 15) is 49.3 Å². The van der Waals surface area contributed by atoms with Crippen LogP contribution in [0.25, 0.3) is 6.08 Å². The first-order valence-corrected chi connectivity index (χ1v) is 20.0. The average molecular weight is 883 g/mol. The third-order valence-electron chi connectivity index (χ3n) is 10.3. The Morgan fingerprint density at radius 2 is 1.23 bits per heavy atom. The van der Waals surface area contributed by atoms with Gasteiger partial charge in [-0.15, -0.1) is 0 Å². The standard InChI is InChI=1S/C49H46N4O12/c1-28(23-29-5-7-31(26-54)8-6-29)41(56)24-30-9-11-32(12-10-30)42(57)25-34(21-22-50)47(59)51-35-15-13-33(14-16-35)46(58)52-40-20-18-37(44(64-3)45(40)65-4)48(60)53-39-19-17-36(49(61)62)38(27-55)43(39)63-2/h5-20,23,34,54-55H,21,24-27H2,1-4H3,(H,51,59)(H,52,58)(H,53,60)(H,61,62)/b28-23+. The number of hydrogen-bond donors (Lipinski definition) is 6. The minimum atomic E-state index is -1.29. The average Bonchev–Trinajstić information content (AvgIpc) is 3.31. The number of aromatic carboxylic acids is 1. The van der Waals surface area contributed by atoms with Gasteiger partial charge in [0.2, 0.25) is 5.91 Å². The summed E-state index contributed by atoms with van der Waals surface area (Å²) >= 11 is 0. The molecule has 0 fully saturated rings. The maximum Gasteiger partial charge on any atom is 0.336 e. The minimum Gasteiger partial charge on any atom is -0.494 e. The highest BCUT2D eigenvalue weighted by atomic mass is 16.5. The van der Waals surface area contributed by atoms with Crippen LogP contribution >= 0.6 is 0 Å². The first-order valence-electron chi connectivity index (χ1n) is 20.0. The normalized spacial score (nSPS) is 11.4. The third kappa shape index (κ3) is 11.9. The molecule has 334 valence electrons. The number of carbonyl (C=O) groups is 6. The molecule has 0 heterocycles. The second kappa shape index (κ2) is 22.3. The van der Waals surface area contributed by atoms with E-state index >= 15 is 0 Å². The molecule has 5 aromatic carbocycles. The molecule has 0 aliphatic rings. The monoisotopic (exact) mass is 882 g/mol. The second-order valence-electron chi connectivity index (χ2n) is 14.5. The Morgan fingerprint density at radius 3 is 1.80 bits per heavy atom. The zero-order chi connectivity index (χ0) is 47.2. The van der Waals surface area contributed by atoms with Gasteiger partial charge in [-0.2, -0.15) is 5.26 Å². The third-order valence-corrected chi connectivity index (χ3v) is 10.3. The topological polar surface area (TPSA) is 251 Å². The van der Waals surface area contributed by atoms with Gasteiger partial charge in [-0.3, -0.25) is 24.0 Å². The van der Waals surface area contributed by atoms with Gasteiger partial charge in [-0.1, -0.05) is 48.5 Å². The highest BCUT2D eigenvalue weighted by Crippen LogP contribution is 2.40. The van der Waals surface area contributed by atoms with E-state index in [1.54, 1.807) is 49.4 Å². The van der Waals surface area contributed by atoms with Gasteiger partial charge in [-0.25, -0.2) is 4.79 Å². The van der Waals surface area contributed by atoms with E-state index in [0.717, 1.165) is 11.1 Å². The fourth-order valence-corrected chi connectivity index (χ4v) is 6.79. The Morgan fingerprint density at radius 1 is 0.662 bits per heavy atom. The molecule has 5 aromatic rings. The Hall–Kier alpha value is -8.13. The number of amides is 3. The first kappa shape index (κ1) is 47.9. The number of allylic oxidation sites excluding steroid dienone is 1. The van der Waals surface area contributed by atoms with E-state index in [1.807, 2.05) is 18.2 Å². The molecule has 3 amide bonds. The molecule has 65 heavy (non-hydrogen) atoms. The number of anilines is 3. The van der Waals surface area contributed by atoms with Crippen LogP contribution in [0.4, 0.5) is 17.1 Å². The number of ketones is 2. The predicted octanol–water partition coefficient (Wildman–Crippen LogP) is 6.86. The molecule has 0 bridgehead atoms. The molecule has 0 saturated carbocycles. The number of methoxy groups -OCH3 is 3. The van der Waals surface area contributed by atoms with Crippen molar-refractivity contribution in [3.8, 4) is 23.3 Å². The van der Waals surface area contributed by atoms with Crippen LogP contribution in [-0.2, 0) is 29.2 Å². The van der Waals surface area contributed by atoms with Crippen molar-refractivity contribution in [1.29, 1.82) is 5.26 Å². The predicted molar refractivity (Wildman–Crippen MR) is 240 cm³/mol. The summed E-state index contributed by atoms with van der Waals surface area (Å²) < 4.78 is 16.3. The molecular formula is C49H46N4O12. The molecule has 0 spiro atoms. The molecule has 1 atom stereocenters. The van der Waals surface area contributed by atoms with Gasteiger partial charge in [0.1, 0.15) is 5.75 Å². The summed E-state index contributed by atoms with van der Waals surface area (Å²) in [6.07, 6.45) is 1.40. The molecular weight excluding hydrogens is 837 g/mol. The van der Waals surface area contributed by atoms with E-state index in [2.05, 4.69) is 16.0 Å². The number of nitrogens with zero attached hydrogens (tertiary/aromatic N) is 1. The smallest absolute Gasteiger partial charge is 0.336 e. The van der Waals surface area contributed by atoms with E-state index in [-0.39, 0.29) is 88.3 Å². The highest BCUT2D eigenvalue weighted by Gasteiger charge is 2.26. The van der Waals surface area contributed by atoms with Crippen LogP contribution in [0.1, 0.15) is 83.5 Å². The highest BCUT2D eigenvalue weighted by molar-refractivity contribution is 6.10. The second-order valence-corrected chi connectivity index (χ2v) is 14.5. The quantitative estimate of drug-likeness (QED) is 0.0346. The number of carbonyl (C=O) groups excluding carboxylic acids is 5. The van der Waals surface area contributed by atoms with Gasteiger partial charge in [0.25, 0.3) is 11.8 Å². The molecule has 6 N–H and O–H groups in total. The van der Waals surface area contributed by atoms with E-state index in [1.165, 1.54) is 69.9 Å². The summed E-state index contributed by atoms with van der Waals surface area (Å²) in [7, 11) is 3.87. The molecule has 16 heteroatoms. The molecule has 0 radical (unpaired) electrons. The number of Topliss-reactive ketones (excluding diaryl/α,β-unsaturated/α-hetero) is 2. The van der Waals surface area contributed by atoms with Crippen molar-refractivity contribution in [3.63, 3.8) is 0 Å². The van der Waals surface area contributed by atoms with Crippen molar-refractivity contribution in [2.45, 2.75) is 39.4 Å². The molecule has 0 aliphatic heterocycles. The van der Waals surface area contributed by atoms with Gasteiger partial charge in [0.05, 0.1) is 69.0 Å². The maximum atomic E-state index is 13.5. The largest absolute Gasteiger partial charge is 0.494 e. The lowest BCUT2D eigenvalue weighted by Gasteiger charge is -2.18. The van der Waals surface area contributed by atoms with Gasteiger partial charge >= 0.3 is 5.97 Å². The number of rotatable bonds is 20. The Labute approximate surface area is 374 Å². The number of aliphatic hydroxyl groups excluding tert-OH is 2. The van der Waals surface area contributed by atoms with Crippen molar-refractivity contribution in [1.82, 2.24) is 0 Å². The van der Waals surface area contributed by atoms with E-state index in [0.29, 0.717) is 22.4 Å². The summed E-state index contributed by atoms with van der Waals surface area (Å²) in [5.41, 5.74) is 3.60. The summed E-state index contributed by atoms with van der Waals surface area (Å²) in [6.45, 7) is 0.983. The zero-order valence-corrected chi connectivity index (χ0v) is 35.9. The SMILES string of the molecule is COc1c(NC(=O)c2ccc(NC(=O)c3ccc(NC(=O)C(CC#N)CC(=O)c4ccc(CC(=O)/C(C)=C/c5ccc(CO)cc5)cc4)cc3)c(OC)c2OC)ccc(C(=O)O)c1CO. The lowest BCUT2D eigenvalue weighted by Crippen LogP contribution is -2.25. The fourth-order valence-electron chi connectivity index (χ4n) is 6.79. The van der Waals surface area contributed by atoms with Crippen LogP contribution in [0.15, 0.2) is 103 Å². The van der Waals surface area contributed by atoms with Crippen molar-refractivity contribution >= 4 is 58.4 Å². The Kier molecular flexibility index (Phi) is 16.4. The minimum absolute atomic E-state index is 0.00668. The van der Waals surface area contributed by atoms with Crippen LogP contribution in [0.3, 0.4) is 0 Å². The number of ether oxygens (including phenoxy) is 3. The van der Waals surface area contributed by atoms with Crippen LogP contribution in [0, 0.1) is 17.2 Å². The van der Waals surface area contributed by atoms with E-state index < -0.39 is 36.2 Å². The fraction of sp³-hybridized carbons (Fsp3) is 0.204. The van der Waals surface area contributed by atoms with Crippen LogP contribution in [0.2, 0.25) is 0 Å². The number of benzene rings is 5. The molecule has 0 aromatic heterocycles. The van der Waals surface area contributed by atoms with Crippen LogP contribution in [0.5, 0.6) is 17.2 Å². The molecule has 0 saturated heterocycles. The van der Waals surface area contributed by atoms with Gasteiger partial charge < -0.3 is 45.5 Å². The number of nitriles is 1. The molecule has 1 unspecified atom stereocenters. The van der Waals surface area contributed by atoms with Crippen molar-refractivity contribution < 1.29 is 58.3 Å². The summed E-state index contributed by atoms with van der Waals surface area (Å²) in [5, 5.41) is 46.1. The molecule has 16 nitrogen and oxygen atoms in total.